The van der Waals surface area contributed by atoms with E-state index in [4.69, 9.17) is 20.8 Å². The van der Waals surface area contributed by atoms with E-state index in [0.717, 1.165) is 22.1 Å². The molecule has 1 unspecified atom stereocenters. The van der Waals surface area contributed by atoms with Crippen molar-refractivity contribution in [2.24, 2.45) is 0 Å². The third-order valence-corrected chi connectivity index (χ3v) is 6.86. The van der Waals surface area contributed by atoms with E-state index in [1.54, 1.807) is 55.5 Å². The number of furan rings is 1. The van der Waals surface area contributed by atoms with Crippen LogP contribution in [0.4, 0.5) is 4.39 Å². The number of aryl methyl sites for hydroxylation is 1. The topological polar surface area (TPSA) is 88.8 Å². The normalized spacial score (nSPS) is 11.8. The molecule has 0 saturated carbocycles. The smallest absolute Gasteiger partial charge is 0.326 e. The van der Waals surface area contributed by atoms with Crippen LogP contribution in [0, 0.1) is 12.7 Å². The van der Waals surface area contributed by atoms with Crippen molar-refractivity contribution in [1.82, 2.24) is 5.32 Å². The van der Waals surface area contributed by atoms with Crippen molar-refractivity contribution in [2.45, 2.75) is 26.0 Å². The Morgan fingerprint density at radius 2 is 1.57 bits per heavy atom. The molecule has 4 aromatic carbocycles. The summed E-state index contributed by atoms with van der Waals surface area (Å²) < 4.78 is 24.7. The van der Waals surface area contributed by atoms with Crippen molar-refractivity contribution >= 4 is 34.4 Å². The van der Waals surface area contributed by atoms with E-state index in [0.29, 0.717) is 27.5 Å². The van der Waals surface area contributed by atoms with Gasteiger partial charge in [0.15, 0.2) is 5.76 Å². The van der Waals surface area contributed by atoms with Gasteiger partial charge in [-0.3, -0.25) is 4.79 Å². The Kier molecular flexibility index (Phi) is 7.84. The summed E-state index contributed by atoms with van der Waals surface area (Å²) in [5.74, 6) is -1.43. The van der Waals surface area contributed by atoms with Gasteiger partial charge in [-0.2, -0.15) is 0 Å². The highest BCUT2D eigenvalue weighted by molar-refractivity contribution is 6.30. The van der Waals surface area contributed by atoms with Gasteiger partial charge in [0.25, 0.3) is 5.91 Å². The number of benzene rings is 4. The molecule has 0 bridgehead atoms. The summed E-state index contributed by atoms with van der Waals surface area (Å²) in [5, 5.41) is 13.8. The molecule has 8 heteroatoms. The lowest BCUT2D eigenvalue weighted by atomic mass is 10.0. The fourth-order valence-electron chi connectivity index (χ4n) is 4.39. The predicted octanol–water partition coefficient (Wildman–Crippen LogP) is 7.21. The Morgan fingerprint density at radius 1 is 0.925 bits per heavy atom. The second-order valence-electron chi connectivity index (χ2n) is 9.40. The first-order valence-corrected chi connectivity index (χ1v) is 12.9. The van der Waals surface area contributed by atoms with Crippen molar-refractivity contribution in [3.8, 4) is 16.9 Å². The number of aliphatic carboxylic acids is 1. The zero-order valence-corrected chi connectivity index (χ0v) is 22.2. The van der Waals surface area contributed by atoms with E-state index in [1.165, 1.54) is 12.1 Å². The van der Waals surface area contributed by atoms with Crippen LogP contribution in [-0.4, -0.2) is 23.0 Å². The van der Waals surface area contributed by atoms with Gasteiger partial charge < -0.3 is 19.6 Å². The van der Waals surface area contributed by atoms with Gasteiger partial charge in [0.05, 0.1) is 0 Å². The molecule has 1 aromatic heterocycles. The van der Waals surface area contributed by atoms with E-state index in [2.05, 4.69) is 5.32 Å². The molecule has 6 nitrogen and oxygen atoms in total. The van der Waals surface area contributed by atoms with Gasteiger partial charge in [-0.05, 0) is 71.6 Å². The Balaban J connectivity index is 1.26. The van der Waals surface area contributed by atoms with Crippen LogP contribution in [0.25, 0.3) is 22.1 Å². The fourth-order valence-corrected chi connectivity index (χ4v) is 4.52. The third-order valence-electron chi connectivity index (χ3n) is 6.61. The summed E-state index contributed by atoms with van der Waals surface area (Å²) in [7, 11) is 0. The van der Waals surface area contributed by atoms with Crippen LogP contribution in [-0.2, 0) is 17.8 Å². The van der Waals surface area contributed by atoms with Crippen molar-refractivity contribution in [2.75, 3.05) is 0 Å². The summed E-state index contributed by atoms with van der Waals surface area (Å²) in [4.78, 5) is 25.1. The Morgan fingerprint density at radius 3 is 2.25 bits per heavy atom. The first-order valence-electron chi connectivity index (χ1n) is 12.6. The van der Waals surface area contributed by atoms with Crippen molar-refractivity contribution < 1.29 is 28.2 Å². The summed E-state index contributed by atoms with van der Waals surface area (Å²) in [6, 6.07) is 24.8. The van der Waals surface area contributed by atoms with Crippen molar-refractivity contribution in [3.05, 3.63) is 124 Å². The molecule has 202 valence electrons. The molecule has 0 fully saturated rings. The summed E-state index contributed by atoms with van der Waals surface area (Å²) in [6.07, 6.45) is 0.0688. The van der Waals surface area contributed by atoms with Crippen LogP contribution in [0.5, 0.6) is 5.75 Å². The number of fused-ring (bicyclic) bond motifs is 1. The minimum absolute atomic E-state index is 0.0686. The second kappa shape index (κ2) is 11.6. The van der Waals surface area contributed by atoms with Crippen LogP contribution in [0.3, 0.4) is 0 Å². The van der Waals surface area contributed by atoms with Crippen LogP contribution < -0.4 is 10.1 Å². The van der Waals surface area contributed by atoms with E-state index in [-0.39, 0.29) is 24.6 Å². The minimum atomic E-state index is -1.17. The molecule has 1 atom stereocenters. The van der Waals surface area contributed by atoms with E-state index >= 15 is 0 Å². The van der Waals surface area contributed by atoms with Crippen molar-refractivity contribution in [1.29, 1.82) is 0 Å². The lowest BCUT2D eigenvalue weighted by Crippen LogP contribution is -2.42. The molecule has 5 aromatic rings. The summed E-state index contributed by atoms with van der Waals surface area (Å²) >= 11 is 5.99. The second-order valence-corrected chi connectivity index (χ2v) is 9.84. The lowest BCUT2D eigenvalue weighted by molar-refractivity contribution is -0.139. The average Bonchev–Trinajstić information content (AvgIpc) is 3.29. The number of carbonyl (C=O) groups is 2. The molecular weight excluding hydrogens is 533 g/mol. The van der Waals surface area contributed by atoms with Gasteiger partial charge in [-0.25, -0.2) is 9.18 Å². The van der Waals surface area contributed by atoms with E-state index in [1.807, 2.05) is 30.3 Å². The van der Waals surface area contributed by atoms with Gasteiger partial charge in [-0.1, -0.05) is 60.1 Å². The highest BCUT2D eigenvalue weighted by Gasteiger charge is 2.25. The predicted molar refractivity (Wildman–Crippen MR) is 151 cm³/mol. The number of carboxylic acids is 1. The van der Waals surface area contributed by atoms with Gasteiger partial charge in [0, 0.05) is 22.4 Å². The number of rotatable bonds is 9. The first-order chi connectivity index (χ1) is 19.3. The highest BCUT2D eigenvalue weighted by Crippen LogP contribution is 2.30. The molecule has 1 amide bonds. The lowest BCUT2D eigenvalue weighted by Gasteiger charge is -2.14. The molecule has 0 spiro atoms. The minimum Gasteiger partial charge on any atom is -0.489 e. The van der Waals surface area contributed by atoms with Gasteiger partial charge in [0.1, 0.15) is 29.8 Å². The SMILES string of the molecule is Cc1c(C(=O)NC(Cc2ccc(OCc3ccc(F)cc3)cc2)C(=O)O)oc2cc(-c3ccc(Cl)cc3)ccc12. The number of carboxylic acid groups (broad SMARTS) is 1. The van der Waals surface area contributed by atoms with Gasteiger partial charge >= 0.3 is 5.97 Å². The first kappa shape index (κ1) is 27.0. The van der Waals surface area contributed by atoms with E-state index < -0.39 is 17.9 Å². The molecule has 0 aliphatic carbocycles. The molecular formula is C32H25ClFNO5. The number of nitrogens with one attached hydrogen (secondary N) is 1. The fraction of sp³-hybridized carbons (Fsp3) is 0.125. The van der Waals surface area contributed by atoms with Crippen molar-refractivity contribution in [3.63, 3.8) is 0 Å². The van der Waals surface area contributed by atoms with Gasteiger partial charge in [0.2, 0.25) is 0 Å². The van der Waals surface area contributed by atoms with Crippen LogP contribution in [0.1, 0.15) is 27.2 Å². The average molecular weight is 558 g/mol. The number of carbonyl (C=O) groups excluding carboxylic acids is 1. The number of halogens is 2. The monoisotopic (exact) mass is 557 g/mol. The number of hydrogen-bond donors (Lipinski definition) is 2. The van der Waals surface area contributed by atoms with E-state index in [9.17, 15) is 19.1 Å². The largest absolute Gasteiger partial charge is 0.489 e. The number of ether oxygens (including phenoxy) is 1. The molecule has 5 rings (SSSR count). The molecule has 0 radical (unpaired) electrons. The van der Waals surface area contributed by atoms with Crippen LogP contribution in [0.2, 0.25) is 5.02 Å². The molecule has 40 heavy (non-hydrogen) atoms. The highest BCUT2D eigenvalue weighted by atomic mass is 35.5. The maximum atomic E-state index is 13.1. The molecule has 0 aliphatic rings. The maximum absolute atomic E-state index is 13.1. The maximum Gasteiger partial charge on any atom is 0.326 e. The third kappa shape index (κ3) is 6.16. The quantitative estimate of drug-likeness (QED) is 0.200. The molecule has 1 heterocycles. The molecule has 2 N–H and O–H groups in total. The Labute approximate surface area is 235 Å². The summed E-state index contributed by atoms with van der Waals surface area (Å²) in [6.45, 7) is 2.04. The summed E-state index contributed by atoms with van der Waals surface area (Å²) in [5.41, 5.74) is 4.53. The Bertz CT molecular complexity index is 1660. The Hall–Kier alpha value is -4.62. The number of hydrogen-bond acceptors (Lipinski definition) is 4. The van der Waals surface area contributed by atoms with Crippen LogP contribution in [0.15, 0.2) is 95.4 Å². The standard InChI is InChI=1S/C32H25ClFNO5/c1-19-27-15-8-23(22-6-9-24(33)10-7-22)17-29(27)40-30(19)31(36)35-28(32(37)38)16-20-4-13-26(14-5-20)39-18-21-2-11-25(34)12-3-21/h2-15,17,28H,16,18H2,1H3,(H,35,36)(H,37,38). The van der Waals surface area contributed by atoms with Gasteiger partial charge in [-0.15, -0.1) is 0 Å². The zero-order chi connectivity index (χ0) is 28.2. The van der Waals surface area contributed by atoms with Crippen LogP contribution >= 0.6 is 11.6 Å². The zero-order valence-electron chi connectivity index (χ0n) is 21.5. The molecule has 0 aliphatic heterocycles. The number of amides is 1. The molecule has 0 saturated heterocycles.